The SMILES string of the molecule is CCCCOC(=O)c1csc(SCCN2C(=O)CCC2COc2cc(Cl)cc(Cl)c2)n1. The zero-order valence-electron chi connectivity index (χ0n) is 17.1. The highest BCUT2D eigenvalue weighted by atomic mass is 35.5. The fourth-order valence-electron chi connectivity index (χ4n) is 3.11. The number of hydrogen-bond donors (Lipinski definition) is 0. The number of thiazole rings is 1. The molecule has 1 aromatic heterocycles. The van der Waals surface area contributed by atoms with Gasteiger partial charge in [-0.3, -0.25) is 4.79 Å². The van der Waals surface area contributed by atoms with Crippen LogP contribution in [0.2, 0.25) is 10.0 Å². The van der Waals surface area contributed by atoms with Gasteiger partial charge in [-0.15, -0.1) is 11.3 Å². The Bertz CT molecular complexity index is 889. The van der Waals surface area contributed by atoms with Gasteiger partial charge in [0, 0.05) is 34.1 Å². The van der Waals surface area contributed by atoms with Gasteiger partial charge in [0.05, 0.1) is 12.6 Å². The van der Waals surface area contributed by atoms with Crippen molar-refractivity contribution >= 4 is 58.2 Å². The predicted octanol–water partition coefficient (Wildman–Crippen LogP) is 5.57. The van der Waals surface area contributed by atoms with Crippen molar-refractivity contribution in [3.8, 4) is 5.75 Å². The number of unbranched alkanes of at least 4 members (excludes halogenated alkanes) is 1. The van der Waals surface area contributed by atoms with Gasteiger partial charge in [-0.1, -0.05) is 48.3 Å². The molecule has 0 bridgehead atoms. The molecule has 0 aliphatic carbocycles. The predicted molar refractivity (Wildman–Crippen MR) is 125 cm³/mol. The summed E-state index contributed by atoms with van der Waals surface area (Å²) in [6.45, 7) is 3.43. The number of carbonyl (C=O) groups excluding carboxylic acids is 2. The molecule has 1 aromatic carbocycles. The Hall–Kier alpha value is -1.48. The third-order valence-electron chi connectivity index (χ3n) is 4.71. The van der Waals surface area contributed by atoms with Crippen LogP contribution in [0, 0.1) is 0 Å². The summed E-state index contributed by atoms with van der Waals surface area (Å²) in [5.41, 5.74) is 0.340. The maximum absolute atomic E-state index is 12.3. The normalized spacial score (nSPS) is 16.0. The molecule has 1 unspecified atom stereocenters. The monoisotopic (exact) mass is 502 g/mol. The van der Waals surface area contributed by atoms with Crippen molar-refractivity contribution in [2.45, 2.75) is 43.0 Å². The summed E-state index contributed by atoms with van der Waals surface area (Å²) in [4.78, 5) is 30.5. The number of thioether (sulfide) groups is 1. The summed E-state index contributed by atoms with van der Waals surface area (Å²) < 4.78 is 11.8. The van der Waals surface area contributed by atoms with E-state index in [4.69, 9.17) is 32.7 Å². The number of esters is 1. The Kier molecular flexibility index (Phi) is 9.31. The molecular weight excluding hydrogens is 479 g/mol. The van der Waals surface area contributed by atoms with E-state index < -0.39 is 0 Å². The summed E-state index contributed by atoms with van der Waals surface area (Å²) in [7, 11) is 0. The van der Waals surface area contributed by atoms with Crippen molar-refractivity contribution in [2.24, 2.45) is 0 Å². The molecule has 6 nitrogen and oxygen atoms in total. The van der Waals surface area contributed by atoms with Crippen molar-refractivity contribution in [3.05, 3.63) is 39.3 Å². The Labute approximate surface area is 200 Å². The van der Waals surface area contributed by atoms with Gasteiger partial charge >= 0.3 is 5.97 Å². The summed E-state index contributed by atoms with van der Waals surface area (Å²) >= 11 is 15.0. The lowest BCUT2D eigenvalue weighted by Gasteiger charge is -2.24. The molecule has 1 atom stereocenters. The lowest BCUT2D eigenvalue weighted by atomic mass is 10.2. The highest BCUT2D eigenvalue weighted by Gasteiger charge is 2.31. The standard InChI is InChI=1S/C21H24Cl2N2O4S2/c1-2-3-7-28-20(27)18-13-31-21(24-18)30-8-6-25-16(4-5-19(25)26)12-29-17-10-14(22)9-15(23)11-17/h9-11,13,16H,2-8,12H2,1H3. The molecule has 168 valence electrons. The fourth-order valence-corrected chi connectivity index (χ4v) is 5.42. The number of halogens is 2. The maximum atomic E-state index is 12.3. The van der Waals surface area contributed by atoms with Gasteiger partial charge in [-0.2, -0.15) is 0 Å². The van der Waals surface area contributed by atoms with E-state index in [1.165, 1.54) is 23.1 Å². The third kappa shape index (κ3) is 7.27. The van der Waals surface area contributed by atoms with Gasteiger partial charge in [-0.05, 0) is 31.0 Å². The number of nitrogens with zero attached hydrogens (tertiary/aromatic N) is 2. The van der Waals surface area contributed by atoms with Crippen LogP contribution in [-0.4, -0.2) is 53.3 Å². The van der Waals surface area contributed by atoms with Crippen molar-refractivity contribution in [1.82, 2.24) is 9.88 Å². The number of carbonyl (C=O) groups is 2. The average Bonchev–Trinajstić information content (AvgIpc) is 3.33. The van der Waals surface area contributed by atoms with Crippen LogP contribution in [-0.2, 0) is 9.53 Å². The maximum Gasteiger partial charge on any atom is 0.357 e. The Balaban J connectivity index is 1.46. The van der Waals surface area contributed by atoms with Crippen LogP contribution in [0.4, 0.5) is 0 Å². The lowest BCUT2D eigenvalue weighted by molar-refractivity contribution is -0.129. The van der Waals surface area contributed by atoms with Gasteiger partial charge < -0.3 is 14.4 Å². The van der Waals surface area contributed by atoms with Gasteiger partial charge in [0.25, 0.3) is 0 Å². The summed E-state index contributed by atoms with van der Waals surface area (Å²) in [5, 5.41) is 2.73. The smallest absolute Gasteiger partial charge is 0.357 e. The Morgan fingerprint density at radius 3 is 2.84 bits per heavy atom. The minimum absolute atomic E-state index is 0.00579. The molecule has 1 aliphatic heterocycles. The van der Waals surface area contributed by atoms with Gasteiger partial charge in [-0.25, -0.2) is 9.78 Å². The van der Waals surface area contributed by atoms with E-state index in [9.17, 15) is 9.59 Å². The molecule has 0 N–H and O–H groups in total. The quantitative estimate of drug-likeness (QED) is 0.227. The van der Waals surface area contributed by atoms with Crippen LogP contribution < -0.4 is 4.74 Å². The first-order valence-electron chi connectivity index (χ1n) is 10.1. The summed E-state index contributed by atoms with van der Waals surface area (Å²) in [5.74, 6) is 1.01. The van der Waals surface area contributed by atoms with Gasteiger partial charge in [0.1, 0.15) is 12.4 Å². The van der Waals surface area contributed by atoms with Crippen LogP contribution in [0.5, 0.6) is 5.75 Å². The average molecular weight is 503 g/mol. The van der Waals surface area contributed by atoms with Crippen molar-refractivity contribution in [3.63, 3.8) is 0 Å². The number of aromatic nitrogens is 1. The number of rotatable bonds is 11. The molecule has 1 saturated heterocycles. The molecule has 3 rings (SSSR count). The number of hydrogen-bond acceptors (Lipinski definition) is 7. The van der Waals surface area contributed by atoms with E-state index in [-0.39, 0.29) is 17.9 Å². The first-order chi connectivity index (χ1) is 15.0. The molecule has 1 fully saturated rings. The summed E-state index contributed by atoms with van der Waals surface area (Å²) in [6.07, 6.45) is 3.08. The van der Waals surface area contributed by atoms with Crippen LogP contribution in [0.15, 0.2) is 27.9 Å². The highest BCUT2D eigenvalue weighted by Crippen LogP contribution is 2.27. The molecule has 2 heterocycles. The molecule has 31 heavy (non-hydrogen) atoms. The molecule has 1 aliphatic rings. The minimum Gasteiger partial charge on any atom is -0.491 e. The van der Waals surface area contributed by atoms with E-state index in [1.807, 2.05) is 11.8 Å². The third-order valence-corrected chi connectivity index (χ3v) is 7.15. The Morgan fingerprint density at radius 1 is 1.32 bits per heavy atom. The van der Waals surface area contributed by atoms with E-state index in [1.54, 1.807) is 23.6 Å². The zero-order valence-corrected chi connectivity index (χ0v) is 20.3. The molecule has 1 amide bonds. The van der Waals surface area contributed by atoms with Crippen LogP contribution in [0.25, 0.3) is 0 Å². The second-order valence-electron chi connectivity index (χ2n) is 7.03. The first kappa shape index (κ1) is 24.2. The molecular formula is C21H24Cl2N2O4S2. The van der Waals surface area contributed by atoms with Crippen LogP contribution >= 0.6 is 46.3 Å². The van der Waals surface area contributed by atoms with Crippen molar-refractivity contribution in [1.29, 1.82) is 0 Å². The van der Waals surface area contributed by atoms with E-state index in [2.05, 4.69) is 4.98 Å². The topological polar surface area (TPSA) is 68.7 Å². The lowest BCUT2D eigenvalue weighted by Crippen LogP contribution is -2.38. The molecule has 0 radical (unpaired) electrons. The van der Waals surface area contributed by atoms with E-state index >= 15 is 0 Å². The minimum atomic E-state index is -0.385. The number of amides is 1. The largest absolute Gasteiger partial charge is 0.491 e. The highest BCUT2D eigenvalue weighted by molar-refractivity contribution is 8.01. The molecule has 0 saturated carbocycles. The fraction of sp³-hybridized carbons (Fsp3) is 0.476. The first-order valence-corrected chi connectivity index (χ1v) is 12.7. The number of likely N-dealkylation sites (tertiary alicyclic amines) is 1. The van der Waals surface area contributed by atoms with E-state index in [0.717, 1.165) is 23.6 Å². The van der Waals surface area contributed by atoms with Crippen LogP contribution in [0.1, 0.15) is 43.1 Å². The molecule has 2 aromatic rings. The van der Waals surface area contributed by atoms with Crippen molar-refractivity contribution < 1.29 is 19.1 Å². The van der Waals surface area contributed by atoms with Gasteiger partial charge in [0.2, 0.25) is 5.91 Å². The zero-order chi connectivity index (χ0) is 22.2. The Morgan fingerprint density at radius 2 is 2.10 bits per heavy atom. The van der Waals surface area contributed by atoms with E-state index in [0.29, 0.717) is 53.4 Å². The van der Waals surface area contributed by atoms with Gasteiger partial charge in [0.15, 0.2) is 10.0 Å². The number of benzene rings is 1. The second-order valence-corrected chi connectivity index (χ2v) is 10.1. The number of ether oxygens (including phenoxy) is 2. The van der Waals surface area contributed by atoms with Crippen molar-refractivity contribution in [2.75, 3.05) is 25.5 Å². The molecule has 10 heteroatoms. The second kappa shape index (κ2) is 11.9. The molecule has 0 spiro atoms. The summed E-state index contributed by atoms with van der Waals surface area (Å²) in [6, 6.07) is 5.06. The van der Waals surface area contributed by atoms with Crippen LogP contribution in [0.3, 0.4) is 0 Å².